The van der Waals surface area contributed by atoms with Gasteiger partial charge < -0.3 is 14.5 Å². The molecule has 1 saturated heterocycles. The number of rotatable bonds is 4. The molecule has 0 unspecified atom stereocenters. The van der Waals surface area contributed by atoms with Crippen LogP contribution in [0.4, 0.5) is 10.2 Å². The first-order valence-corrected chi connectivity index (χ1v) is 8.81. The van der Waals surface area contributed by atoms with Crippen LogP contribution in [0.1, 0.15) is 24.2 Å². The van der Waals surface area contributed by atoms with Crippen molar-refractivity contribution >= 4 is 23.3 Å². The molecule has 138 valence electrons. The largest absolute Gasteiger partial charge is 0.472 e. The Bertz CT molecular complexity index is 774. The second-order valence-corrected chi connectivity index (χ2v) is 6.63. The van der Waals surface area contributed by atoms with E-state index in [4.69, 9.17) is 16.3 Å². The van der Waals surface area contributed by atoms with Gasteiger partial charge in [-0.3, -0.25) is 4.79 Å². The Labute approximate surface area is 156 Å². The number of benzene rings is 1. The summed E-state index contributed by atoms with van der Waals surface area (Å²) in [6, 6.07) is 4.24. The summed E-state index contributed by atoms with van der Waals surface area (Å²) in [5.74, 6) is 0.119. The van der Waals surface area contributed by atoms with E-state index in [0.29, 0.717) is 37.9 Å². The van der Waals surface area contributed by atoms with Gasteiger partial charge >= 0.3 is 0 Å². The highest BCUT2D eigenvalue weighted by Crippen LogP contribution is 2.26. The second kappa shape index (κ2) is 7.86. The summed E-state index contributed by atoms with van der Waals surface area (Å²) in [5.41, 5.74) is -0.0778. The molecule has 1 aromatic carbocycles. The standard InChI is InChI=1S/C18H20ClFN4O2/c1-12(2)26-17-16(21-6-7-22-17)23-8-10-24(11-9-23)18(25)15-13(19)4-3-5-14(15)20/h3-7,12H,8-11H2,1-2H3. The van der Waals surface area contributed by atoms with Gasteiger partial charge in [0.25, 0.3) is 11.8 Å². The van der Waals surface area contributed by atoms with E-state index in [1.807, 2.05) is 18.7 Å². The summed E-state index contributed by atoms with van der Waals surface area (Å²) in [4.78, 5) is 24.8. The van der Waals surface area contributed by atoms with Gasteiger partial charge in [0, 0.05) is 38.6 Å². The number of piperazine rings is 1. The average Bonchev–Trinajstić information content (AvgIpc) is 2.61. The predicted octanol–water partition coefficient (Wildman–Crippen LogP) is 3.02. The van der Waals surface area contributed by atoms with Crippen molar-refractivity contribution in [1.29, 1.82) is 0 Å². The molecule has 1 aromatic heterocycles. The Morgan fingerprint density at radius 2 is 1.88 bits per heavy atom. The molecule has 1 aliphatic heterocycles. The topological polar surface area (TPSA) is 58.6 Å². The van der Waals surface area contributed by atoms with Gasteiger partial charge in [-0.25, -0.2) is 14.4 Å². The lowest BCUT2D eigenvalue weighted by Crippen LogP contribution is -2.49. The van der Waals surface area contributed by atoms with Crippen LogP contribution in [0.5, 0.6) is 5.88 Å². The third-order valence-corrected chi connectivity index (χ3v) is 4.35. The lowest BCUT2D eigenvalue weighted by molar-refractivity contribution is 0.0742. The summed E-state index contributed by atoms with van der Waals surface area (Å²) in [6.45, 7) is 5.80. The SMILES string of the molecule is CC(C)Oc1nccnc1N1CCN(C(=O)c2c(F)cccc2Cl)CC1. The Balaban J connectivity index is 1.71. The van der Waals surface area contributed by atoms with Gasteiger partial charge in [-0.05, 0) is 26.0 Å². The minimum Gasteiger partial charge on any atom is -0.472 e. The van der Waals surface area contributed by atoms with E-state index in [-0.39, 0.29) is 16.7 Å². The first kappa shape index (κ1) is 18.4. The lowest BCUT2D eigenvalue weighted by atomic mass is 10.1. The molecule has 0 bridgehead atoms. The highest BCUT2D eigenvalue weighted by atomic mass is 35.5. The Morgan fingerprint density at radius 3 is 2.54 bits per heavy atom. The summed E-state index contributed by atoms with van der Waals surface area (Å²) in [7, 11) is 0. The number of carbonyl (C=O) groups excluding carboxylic acids is 1. The molecule has 0 aliphatic carbocycles. The van der Waals surface area contributed by atoms with Crippen LogP contribution in [0, 0.1) is 5.82 Å². The van der Waals surface area contributed by atoms with E-state index in [1.165, 1.54) is 18.2 Å². The predicted molar refractivity (Wildman–Crippen MR) is 97.3 cm³/mol. The van der Waals surface area contributed by atoms with Crippen molar-refractivity contribution in [1.82, 2.24) is 14.9 Å². The molecule has 8 heteroatoms. The summed E-state index contributed by atoms with van der Waals surface area (Å²) >= 11 is 6.00. The zero-order chi connectivity index (χ0) is 18.7. The van der Waals surface area contributed by atoms with E-state index >= 15 is 0 Å². The van der Waals surface area contributed by atoms with Gasteiger partial charge in [-0.2, -0.15) is 0 Å². The van der Waals surface area contributed by atoms with Gasteiger partial charge in [0.1, 0.15) is 5.82 Å². The summed E-state index contributed by atoms with van der Waals surface area (Å²) in [6.07, 6.45) is 3.18. The Hall–Kier alpha value is -2.41. The minimum absolute atomic E-state index is 0.0171. The highest BCUT2D eigenvalue weighted by Gasteiger charge is 2.27. The fraction of sp³-hybridized carbons (Fsp3) is 0.389. The zero-order valence-electron chi connectivity index (χ0n) is 14.7. The normalized spacial score (nSPS) is 14.7. The van der Waals surface area contributed by atoms with E-state index in [9.17, 15) is 9.18 Å². The first-order chi connectivity index (χ1) is 12.5. The fourth-order valence-corrected chi connectivity index (χ4v) is 3.07. The Kier molecular flexibility index (Phi) is 5.56. The van der Waals surface area contributed by atoms with E-state index in [2.05, 4.69) is 9.97 Å². The molecule has 2 aromatic rings. The molecule has 2 heterocycles. The molecular formula is C18H20ClFN4O2. The van der Waals surface area contributed by atoms with Gasteiger partial charge in [-0.1, -0.05) is 17.7 Å². The number of carbonyl (C=O) groups is 1. The lowest BCUT2D eigenvalue weighted by Gasteiger charge is -2.35. The first-order valence-electron chi connectivity index (χ1n) is 8.43. The smallest absolute Gasteiger partial charge is 0.258 e. The maximum absolute atomic E-state index is 14.0. The van der Waals surface area contributed by atoms with Gasteiger partial charge in [0.15, 0.2) is 5.82 Å². The van der Waals surface area contributed by atoms with Crippen LogP contribution in [-0.4, -0.2) is 53.1 Å². The molecule has 0 N–H and O–H groups in total. The van der Waals surface area contributed by atoms with Crippen molar-refractivity contribution in [2.45, 2.75) is 20.0 Å². The van der Waals surface area contributed by atoms with Crippen molar-refractivity contribution in [3.8, 4) is 5.88 Å². The van der Waals surface area contributed by atoms with Crippen LogP contribution >= 0.6 is 11.6 Å². The molecule has 3 rings (SSSR count). The monoisotopic (exact) mass is 378 g/mol. The van der Waals surface area contributed by atoms with Crippen molar-refractivity contribution in [3.63, 3.8) is 0 Å². The molecule has 6 nitrogen and oxygen atoms in total. The number of nitrogens with zero attached hydrogens (tertiary/aromatic N) is 4. The van der Waals surface area contributed by atoms with Crippen LogP contribution in [0.2, 0.25) is 5.02 Å². The maximum Gasteiger partial charge on any atom is 0.258 e. The van der Waals surface area contributed by atoms with E-state index in [1.54, 1.807) is 17.3 Å². The highest BCUT2D eigenvalue weighted by molar-refractivity contribution is 6.33. The maximum atomic E-state index is 14.0. The summed E-state index contributed by atoms with van der Waals surface area (Å²) < 4.78 is 19.7. The third kappa shape index (κ3) is 3.88. The zero-order valence-corrected chi connectivity index (χ0v) is 15.4. The number of amides is 1. The van der Waals surface area contributed by atoms with E-state index < -0.39 is 11.7 Å². The fourth-order valence-electron chi connectivity index (χ4n) is 2.82. The number of halogens is 2. The number of anilines is 1. The van der Waals surface area contributed by atoms with Crippen molar-refractivity contribution in [2.75, 3.05) is 31.1 Å². The van der Waals surface area contributed by atoms with Crippen LogP contribution in [-0.2, 0) is 0 Å². The molecular weight excluding hydrogens is 359 g/mol. The van der Waals surface area contributed by atoms with Gasteiger partial charge in [0.2, 0.25) is 0 Å². The molecule has 26 heavy (non-hydrogen) atoms. The number of ether oxygens (including phenoxy) is 1. The average molecular weight is 379 g/mol. The van der Waals surface area contributed by atoms with Crippen LogP contribution < -0.4 is 9.64 Å². The quantitative estimate of drug-likeness (QED) is 0.818. The second-order valence-electron chi connectivity index (χ2n) is 6.23. The van der Waals surface area contributed by atoms with Crippen LogP contribution in [0.3, 0.4) is 0 Å². The summed E-state index contributed by atoms with van der Waals surface area (Å²) in [5, 5.41) is 0.124. The van der Waals surface area contributed by atoms with E-state index in [0.717, 1.165) is 0 Å². The molecule has 1 aliphatic rings. The number of hydrogen-bond donors (Lipinski definition) is 0. The van der Waals surface area contributed by atoms with Gasteiger partial charge in [-0.15, -0.1) is 0 Å². The third-order valence-electron chi connectivity index (χ3n) is 4.04. The van der Waals surface area contributed by atoms with Crippen molar-refractivity contribution < 1.29 is 13.9 Å². The van der Waals surface area contributed by atoms with Gasteiger partial charge in [0.05, 0.1) is 16.7 Å². The van der Waals surface area contributed by atoms with Crippen LogP contribution in [0.15, 0.2) is 30.6 Å². The molecule has 1 fully saturated rings. The number of hydrogen-bond acceptors (Lipinski definition) is 5. The van der Waals surface area contributed by atoms with Crippen molar-refractivity contribution in [2.24, 2.45) is 0 Å². The molecule has 0 radical (unpaired) electrons. The Morgan fingerprint density at radius 1 is 1.19 bits per heavy atom. The molecule has 0 spiro atoms. The van der Waals surface area contributed by atoms with Crippen LogP contribution in [0.25, 0.3) is 0 Å². The van der Waals surface area contributed by atoms with Crippen molar-refractivity contribution in [3.05, 3.63) is 47.0 Å². The minimum atomic E-state index is -0.605. The molecule has 1 amide bonds. The number of aromatic nitrogens is 2. The molecule has 0 atom stereocenters. The molecule has 0 saturated carbocycles.